The highest BCUT2D eigenvalue weighted by atomic mass is 16.3. The van der Waals surface area contributed by atoms with Crippen molar-refractivity contribution in [3.63, 3.8) is 0 Å². The van der Waals surface area contributed by atoms with Gasteiger partial charge in [-0.3, -0.25) is 19.3 Å². The van der Waals surface area contributed by atoms with Crippen molar-refractivity contribution in [1.29, 1.82) is 0 Å². The number of phenolic OH excluding ortho intramolecular Hbond substituents is 1. The van der Waals surface area contributed by atoms with Gasteiger partial charge in [-0.25, -0.2) is 5.43 Å². The van der Waals surface area contributed by atoms with Crippen LogP contribution in [0.2, 0.25) is 0 Å². The molecule has 2 aromatic rings. The van der Waals surface area contributed by atoms with E-state index in [-0.39, 0.29) is 35.0 Å². The van der Waals surface area contributed by atoms with Crippen LogP contribution in [0.25, 0.3) is 0 Å². The first kappa shape index (κ1) is 19.8. The summed E-state index contributed by atoms with van der Waals surface area (Å²) < 4.78 is 0. The lowest BCUT2D eigenvalue weighted by Crippen LogP contribution is -2.30. The van der Waals surface area contributed by atoms with E-state index in [1.165, 1.54) is 17.0 Å². The third kappa shape index (κ3) is 3.58. The number of benzene rings is 2. The third-order valence-electron chi connectivity index (χ3n) is 5.86. The zero-order chi connectivity index (χ0) is 21.3. The first-order valence-electron chi connectivity index (χ1n) is 10.1. The monoisotopic (exact) mass is 405 g/mol. The number of rotatable bonds is 4. The summed E-state index contributed by atoms with van der Waals surface area (Å²) in [6.45, 7) is 1.74. The molecule has 154 valence electrons. The highest BCUT2D eigenvalue weighted by molar-refractivity contribution is 6.22. The van der Waals surface area contributed by atoms with Gasteiger partial charge in [0.05, 0.1) is 28.8 Å². The molecule has 2 aliphatic rings. The van der Waals surface area contributed by atoms with Gasteiger partial charge in [-0.1, -0.05) is 37.1 Å². The molecule has 1 aliphatic heterocycles. The number of hydrogen-bond donors (Lipinski definition) is 2. The fourth-order valence-electron chi connectivity index (χ4n) is 4.19. The smallest absolute Gasteiger partial charge is 0.275 e. The minimum absolute atomic E-state index is 0.0993. The SMILES string of the molecule is C/C(=N\NC(=O)c1ccccc1O)c1ccc(N2C(=O)[C@H]3CCCC[C@@H]3C2=O)cc1. The molecular weight excluding hydrogens is 382 g/mol. The quantitative estimate of drug-likeness (QED) is 0.463. The number of anilines is 1. The summed E-state index contributed by atoms with van der Waals surface area (Å²) in [5.74, 6) is -1.19. The van der Waals surface area contributed by atoms with Crippen molar-refractivity contribution < 1.29 is 19.5 Å². The molecule has 2 aromatic carbocycles. The number of nitrogens with one attached hydrogen (secondary N) is 1. The summed E-state index contributed by atoms with van der Waals surface area (Å²) in [5, 5.41) is 13.8. The van der Waals surface area contributed by atoms with Gasteiger partial charge in [-0.2, -0.15) is 5.10 Å². The van der Waals surface area contributed by atoms with Gasteiger partial charge in [0.1, 0.15) is 5.75 Å². The highest BCUT2D eigenvalue weighted by Crippen LogP contribution is 2.40. The second-order valence-electron chi connectivity index (χ2n) is 7.71. The number of para-hydroxylation sites is 1. The number of nitrogens with zero attached hydrogens (tertiary/aromatic N) is 2. The van der Waals surface area contributed by atoms with E-state index in [9.17, 15) is 19.5 Å². The number of hydrogen-bond acceptors (Lipinski definition) is 5. The molecule has 7 nitrogen and oxygen atoms in total. The summed E-state index contributed by atoms with van der Waals surface area (Å²) >= 11 is 0. The van der Waals surface area contributed by atoms with Crippen molar-refractivity contribution in [2.75, 3.05) is 4.90 Å². The minimum Gasteiger partial charge on any atom is -0.507 e. The van der Waals surface area contributed by atoms with Gasteiger partial charge < -0.3 is 5.11 Å². The van der Waals surface area contributed by atoms with E-state index in [4.69, 9.17) is 0 Å². The van der Waals surface area contributed by atoms with Crippen molar-refractivity contribution >= 4 is 29.1 Å². The third-order valence-corrected chi connectivity index (χ3v) is 5.86. The molecule has 0 unspecified atom stereocenters. The van der Waals surface area contributed by atoms with E-state index < -0.39 is 5.91 Å². The van der Waals surface area contributed by atoms with Gasteiger partial charge in [0.25, 0.3) is 5.91 Å². The van der Waals surface area contributed by atoms with Crippen molar-refractivity contribution in [3.05, 3.63) is 59.7 Å². The fourth-order valence-corrected chi connectivity index (χ4v) is 4.19. The lowest BCUT2D eigenvalue weighted by molar-refractivity contribution is -0.122. The Balaban J connectivity index is 1.47. The average Bonchev–Trinajstić information content (AvgIpc) is 3.02. The van der Waals surface area contributed by atoms with E-state index in [0.717, 1.165) is 31.2 Å². The topological polar surface area (TPSA) is 99.1 Å². The van der Waals surface area contributed by atoms with Gasteiger partial charge in [-0.15, -0.1) is 0 Å². The van der Waals surface area contributed by atoms with Crippen molar-refractivity contribution in [1.82, 2.24) is 5.43 Å². The zero-order valence-electron chi connectivity index (χ0n) is 16.7. The Hall–Kier alpha value is -3.48. The lowest BCUT2D eigenvalue weighted by atomic mass is 9.81. The summed E-state index contributed by atoms with van der Waals surface area (Å²) in [4.78, 5) is 38.9. The summed E-state index contributed by atoms with van der Waals surface area (Å²) in [6.07, 6.45) is 3.56. The Morgan fingerprint density at radius 2 is 1.60 bits per heavy atom. The van der Waals surface area contributed by atoms with Crippen LogP contribution in [0.3, 0.4) is 0 Å². The fraction of sp³-hybridized carbons (Fsp3) is 0.304. The van der Waals surface area contributed by atoms with Gasteiger partial charge in [0, 0.05) is 0 Å². The average molecular weight is 405 g/mol. The molecule has 1 saturated carbocycles. The molecule has 1 heterocycles. The summed E-state index contributed by atoms with van der Waals surface area (Å²) in [6, 6.07) is 13.2. The molecule has 2 atom stereocenters. The van der Waals surface area contributed by atoms with Crippen LogP contribution >= 0.6 is 0 Å². The molecule has 0 aromatic heterocycles. The van der Waals surface area contributed by atoms with E-state index in [1.807, 2.05) is 0 Å². The number of fused-ring (bicyclic) bond motifs is 1. The molecule has 30 heavy (non-hydrogen) atoms. The van der Waals surface area contributed by atoms with Gasteiger partial charge >= 0.3 is 0 Å². The first-order valence-corrected chi connectivity index (χ1v) is 10.1. The number of carbonyl (C=O) groups is 3. The molecule has 2 fully saturated rings. The highest BCUT2D eigenvalue weighted by Gasteiger charge is 2.48. The number of hydrazone groups is 1. The molecule has 4 rings (SSSR count). The van der Waals surface area contributed by atoms with Crippen LogP contribution in [-0.4, -0.2) is 28.5 Å². The number of imide groups is 1. The second kappa shape index (κ2) is 8.10. The Morgan fingerprint density at radius 1 is 1.00 bits per heavy atom. The maximum Gasteiger partial charge on any atom is 0.275 e. The van der Waals surface area contributed by atoms with Crippen LogP contribution in [0, 0.1) is 11.8 Å². The lowest BCUT2D eigenvalue weighted by Gasteiger charge is -2.19. The number of amides is 3. The Bertz CT molecular complexity index is 1000. The molecule has 0 spiro atoms. The van der Waals surface area contributed by atoms with Crippen LogP contribution in [0.4, 0.5) is 5.69 Å². The maximum atomic E-state index is 12.7. The number of carbonyl (C=O) groups excluding carboxylic acids is 3. The van der Waals surface area contributed by atoms with E-state index in [1.54, 1.807) is 43.3 Å². The molecule has 3 amide bonds. The van der Waals surface area contributed by atoms with Crippen molar-refractivity contribution in [2.24, 2.45) is 16.9 Å². The van der Waals surface area contributed by atoms with Gasteiger partial charge in [-0.05, 0) is 49.6 Å². The van der Waals surface area contributed by atoms with E-state index >= 15 is 0 Å². The van der Waals surface area contributed by atoms with Crippen LogP contribution in [0.5, 0.6) is 5.75 Å². The van der Waals surface area contributed by atoms with Gasteiger partial charge in [0.2, 0.25) is 11.8 Å². The standard InChI is InChI=1S/C23H23N3O4/c1-14(24-25-21(28)19-8-4-5-9-20(19)27)15-10-12-16(13-11-15)26-22(29)17-6-2-3-7-18(17)23(26)30/h4-5,8-13,17-18,27H,2-3,6-7H2,1H3,(H,25,28)/b24-14+/t17-,18-/m0/s1. The van der Waals surface area contributed by atoms with Crippen molar-refractivity contribution in [2.45, 2.75) is 32.6 Å². The molecule has 1 saturated heterocycles. The van der Waals surface area contributed by atoms with Crippen LogP contribution in [0.1, 0.15) is 48.5 Å². The minimum atomic E-state index is -0.514. The first-order chi connectivity index (χ1) is 14.5. The van der Waals surface area contributed by atoms with E-state index in [2.05, 4.69) is 10.5 Å². The predicted octanol–water partition coefficient (Wildman–Crippen LogP) is 3.23. The van der Waals surface area contributed by atoms with E-state index in [0.29, 0.717) is 11.4 Å². The molecule has 7 heteroatoms. The summed E-state index contributed by atoms with van der Waals surface area (Å²) in [5.41, 5.74) is 4.42. The predicted molar refractivity (Wildman–Crippen MR) is 112 cm³/mol. The van der Waals surface area contributed by atoms with Crippen molar-refractivity contribution in [3.8, 4) is 5.75 Å². The largest absolute Gasteiger partial charge is 0.507 e. The number of aromatic hydroxyl groups is 1. The second-order valence-corrected chi connectivity index (χ2v) is 7.71. The van der Waals surface area contributed by atoms with Crippen LogP contribution in [-0.2, 0) is 9.59 Å². The number of phenols is 1. The van der Waals surface area contributed by atoms with Gasteiger partial charge in [0.15, 0.2) is 0 Å². The zero-order valence-corrected chi connectivity index (χ0v) is 16.7. The molecule has 0 bridgehead atoms. The Kier molecular flexibility index (Phi) is 5.35. The normalized spacial score (nSPS) is 21.5. The molecule has 1 aliphatic carbocycles. The Labute approximate surface area is 174 Å². The maximum absolute atomic E-state index is 12.7. The van der Waals surface area contributed by atoms with Crippen LogP contribution < -0.4 is 10.3 Å². The molecule has 0 radical (unpaired) electrons. The molecular formula is C23H23N3O4. The summed E-state index contributed by atoms with van der Waals surface area (Å²) in [7, 11) is 0. The molecule has 2 N–H and O–H groups in total. The van der Waals surface area contributed by atoms with Crippen LogP contribution in [0.15, 0.2) is 53.6 Å². The Morgan fingerprint density at radius 3 is 2.20 bits per heavy atom.